The summed E-state index contributed by atoms with van der Waals surface area (Å²) in [5, 5.41) is 12.6. The lowest BCUT2D eigenvalue weighted by Crippen LogP contribution is -2.50. The molecule has 2 aliphatic heterocycles. The van der Waals surface area contributed by atoms with E-state index in [0.717, 1.165) is 24.9 Å². The third-order valence-corrected chi connectivity index (χ3v) is 5.01. The van der Waals surface area contributed by atoms with Crippen LogP contribution in [-0.4, -0.2) is 47.7 Å². The molecule has 3 fully saturated rings. The van der Waals surface area contributed by atoms with Gasteiger partial charge in [0.2, 0.25) is 5.91 Å². The Morgan fingerprint density at radius 3 is 2.67 bits per heavy atom. The molecule has 1 saturated carbocycles. The van der Waals surface area contributed by atoms with Gasteiger partial charge in [0.15, 0.2) is 0 Å². The highest BCUT2D eigenvalue weighted by Crippen LogP contribution is 2.36. The molecule has 4 atom stereocenters. The average molecular weight is 252 g/mol. The Bertz CT molecular complexity index is 321. The van der Waals surface area contributed by atoms with Crippen LogP contribution in [0.1, 0.15) is 38.5 Å². The van der Waals surface area contributed by atoms with Gasteiger partial charge in [0, 0.05) is 19.6 Å². The number of hydrogen-bond donors (Lipinski definition) is 2. The van der Waals surface area contributed by atoms with Gasteiger partial charge >= 0.3 is 0 Å². The van der Waals surface area contributed by atoms with Crippen molar-refractivity contribution in [3.8, 4) is 0 Å². The van der Waals surface area contributed by atoms with Gasteiger partial charge in [-0.1, -0.05) is 19.3 Å². The quantitative estimate of drug-likeness (QED) is 0.724. The molecule has 18 heavy (non-hydrogen) atoms. The van der Waals surface area contributed by atoms with Crippen LogP contribution in [0.25, 0.3) is 0 Å². The number of amides is 1. The number of likely N-dealkylation sites (tertiary alicyclic amines) is 1. The Hall–Kier alpha value is -0.610. The monoisotopic (exact) mass is 252 g/mol. The maximum atomic E-state index is 12.4. The number of piperidine rings is 1. The molecule has 0 radical (unpaired) electrons. The largest absolute Gasteiger partial charge is 0.392 e. The zero-order valence-corrected chi connectivity index (χ0v) is 11.0. The van der Waals surface area contributed by atoms with E-state index in [1.165, 1.54) is 32.1 Å². The van der Waals surface area contributed by atoms with Crippen LogP contribution >= 0.6 is 0 Å². The van der Waals surface area contributed by atoms with E-state index in [0.29, 0.717) is 13.0 Å². The molecular weight excluding hydrogens is 228 g/mol. The minimum Gasteiger partial charge on any atom is -0.392 e. The van der Waals surface area contributed by atoms with Crippen LogP contribution in [0.3, 0.4) is 0 Å². The number of nitrogens with zero attached hydrogens (tertiary/aromatic N) is 1. The van der Waals surface area contributed by atoms with Gasteiger partial charge in [-0.05, 0) is 31.1 Å². The van der Waals surface area contributed by atoms with Crippen LogP contribution in [-0.2, 0) is 4.79 Å². The number of aliphatic hydroxyl groups excluding tert-OH is 1. The third-order valence-electron chi connectivity index (χ3n) is 5.01. The maximum absolute atomic E-state index is 12.4. The predicted octanol–water partition coefficient (Wildman–Crippen LogP) is 0.748. The lowest BCUT2D eigenvalue weighted by atomic mass is 9.75. The first-order chi connectivity index (χ1) is 8.74. The summed E-state index contributed by atoms with van der Waals surface area (Å²) in [4.78, 5) is 14.4. The smallest absolute Gasteiger partial charge is 0.239 e. The molecule has 1 amide bonds. The van der Waals surface area contributed by atoms with E-state index in [1.807, 2.05) is 4.90 Å². The Labute approximate surface area is 109 Å². The Morgan fingerprint density at radius 2 is 1.94 bits per heavy atom. The van der Waals surface area contributed by atoms with E-state index in [4.69, 9.17) is 0 Å². The number of carbonyl (C=O) groups excluding carboxylic acids is 1. The van der Waals surface area contributed by atoms with Crippen LogP contribution in [0.4, 0.5) is 0 Å². The van der Waals surface area contributed by atoms with E-state index in [1.54, 1.807) is 0 Å². The summed E-state index contributed by atoms with van der Waals surface area (Å²) in [5.74, 6) is 1.82. The van der Waals surface area contributed by atoms with Crippen molar-refractivity contribution < 1.29 is 9.90 Å². The topological polar surface area (TPSA) is 52.6 Å². The van der Waals surface area contributed by atoms with Gasteiger partial charge in [0.05, 0.1) is 12.1 Å². The van der Waals surface area contributed by atoms with Gasteiger partial charge in [-0.25, -0.2) is 0 Å². The molecule has 0 spiro atoms. The Balaban J connectivity index is 1.58. The summed E-state index contributed by atoms with van der Waals surface area (Å²) in [6.45, 7) is 2.45. The van der Waals surface area contributed by atoms with Crippen molar-refractivity contribution in [2.24, 2.45) is 11.8 Å². The lowest BCUT2D eigenvalue weighted by molar-refractivity contribution is -0.136. The van der Waals surface area contributed by atoms with Crippen molar-refractivity contribution in [3.05, 3.63) is 0 Å². The van der Waals surface area contributed by atoms with Crippen LogP contribution < -0.4 is 5.32 Å². The van der Waals surface area contributed by atoms with E-state index in [9.17, 15) is 9.90 Å². The van der Waals surface area contributed by atoms with Crippen LogP contribution in [0.15, 0.2) is 0 Å². The first-order valence-electron chi connectivity index (χ1n) is 7.44. The normalized spacial score (nSPS) is 40.6. The van der Waals surface area contributed by atoms with Crippen molar-refractivity contribution in [1.29, 1.82) is 0 Å². The SMILES string of the molecule is O=C(C1CC(O)CN1)N1CCC2CCCCC2C1. The fourth-order valence-corrected chi connectivity index (χ4v) is 3.93. The van der Waals surface area contributed by atoms with Crippen LogP contribution in [0.2, 0.25) is 0 Å². The molecule has 4 unspecified atom stereocenters. The lowest BCUT2D eigenvalue weighted by Gasteiger charge is -2.42. The molecule has 2 heterocycles. The molecule has 2 N–H and O–H groups in total. The average Bonchev–Trinajstić information content (AvgIpc) is 2.84. The molecule has 0 aromatic rings. The molecule has 102 valence electrons. The number of aliphatic hydroxyl groups is 1. The molecule has 2 saturated heterocycles. The molecular formula is C14H24N2O2. The summed E-state index contributed by atoms with van der Waals surface area (Å²) in [6.07, 6.45) is 6.82. The van der Waals surface area contributed by atoms with E-state index >= 15 is 0 Å². The van der Waals surface area contributed by atoms with Crippen molar-refractivity contribution in [3.63, 3.8) is 0 Å². The minimum absolute atomic E-state index is 0.139. The highest BCUT2D eigenvalue weighted by atomic mass is 16.3. The van der Waals surface area contributed by atoms with E-state index < -0.39 is 0 Å². The first-order valence-corrected chi connectivity index (χ1v) is 7.44. The van der Waals surface area contributed by atoms with Crippen molar-refractivity contribution in [2.45, 2.75) is 50.7 Å². The third kappa shape index (κ3) is 2.41. The van der Waals surface area contributed by atoms with Crippen LogP contribution in [0.5, 0.6) is 0 Å². The summed E-state index contributed by atoms with van der Waals surface area (Å²) in [6, 6.07) is -0.139. The predicted molar refractivity (Wildman–Crippen MR) is 69.1 cm³/mol. The van der Waals surface area contributed by atoms with Crippen LogP contribution in [0, 0.1) is 11.8 Å². The molecule has 0 aromatic carbocycles. The van der Waals surface area contributed by atoms with Gasteiger partial charge in [0.25, 0.3) is 0 Å². The highest BCUT2D eigenvalue weighted by molar-refractivity contribution is 5.82. The standard InChI is InChI=1S/C14H24N2O2/c17-12-7-13(15-8-12)14(18)16-6-5-10-3-1-2-4-11(10)9-16/h10-13,15,17H,1-9H2. The number of rotatable bonds is 1. The zero-order valence-electron chi connectivity index (χ0n) is 11.0. The molecule has 4 nitrogen and oxygen atoms in total. The van der Waals surface area contributed by atoms with Gasteiger partial charge < -0.3 is 15.3 Å². The van der Waals surface area contributed by atoms with Gasteiger partial charge in [-0.2, -0.15) is 0 Å². The van der Waals surface area contributed by atoms with Gasteiger partial charge in [-0.3, -0.25) is 4.79 Å². The van der Waals surface area contributed by atoms with E-state index in [2.05, 4.69) is 5.32 Å². The van der Waals surface area contributed by atoms with Gasteiger partial charge in [0.1, 0.15) is 0 Å². The number of nitrogens with one attached hydrogen (secondary N) is 1. The number of fused-ring (bicyclic) bond motifs is 1. The van der Waals surface area contributed by atoms with Gasteiger partial charge in [-0.15, -0.1) is 0 Å². The molecule has 0 bridgehead atoms. The highest BCUT2D eigenvalue weighted by Gasteiger charge is 2.37. The zero-order chi connectivity index (χ0) is 12.5. The van der Waals surface area contributed by atoms with Crippen molar-refractivity contribution >= 4 is 5.91 Å². The second-order valence-electron chi connectivity index (χ2n) is 6.23. The van der Waals surface area contributed by atoms with Crippen molar-refractivity contribution in [2.75, 3.05) is 19.6 Å². The molecule has 4 heteroatoms. The second-order valence-corrected chi connectivity index (χ2v) is 6.23. The van der Waals surface area contributed by atoms with E-state index in [-0.39, 0.29) is 18.1 Å². The summed E-state index contributed by atoms with van der Waals surface area (Å²) < 4.78 is 0. The number of carbonyl (C=O) groups is 1. The van der Waals surface area contributed by atoms with Crippen molar-refractivity contribution in [1.82, 2.24) is 10.2 Å². The molecule has 3 rings (SSSR count). The second kappa shape index (κ2) is 5.17. The minimum atomic E-state index is -0.342. The molecule has 0 aromatic heterocycles. The maximum Gasteiger partial charge on any atom is 0.239 e. The Kier molecular flexibility index (Phi) is 3.57. The Morgan fingerprint density at radius 1 is 1.17 bits per heavy atom. The summed E-state index contributed by atoms with van der Waals surface area (Å²) in [5.41, 5.74) is 0. The summed E-state index contributed by atoms with van der Waals surface area (Å²) in [7, 11) is 0. The fourth-order valence-electron chi connectivity index (χ4n) is 3.93. The number of hydrogen-bond acceptors (Lipinski definition) is 3. The number of β-amino-alcohol motifs (C(OH)–C–C–N with tert-alkyl or cyclic N) is 1. The fraction of sp³-hybridized carbons (Fsp3) is 0.929. The molecule has 3 aliphatic rings. The summed E-state index contributed by atoms with van der Waals surface area (Å²) >= 11 is 0. The first kappa shape index (κ1) is 12.4. The molecule has 1 aliphatic carbocycles.